The Kier molecular flexibility index (Phi) is 7.63. The topological polar surface area (TPSA) is 78.5 Å². The van der Waals surface area contributed by atoms with E-state index in [9.17, 15) is 14.4 Å². The van der Waals surface area contributed by atoms with Gasteiger partial charge in [-0.2, -0.15) is 0 Å². The molecule has 7 heteroatoms. The van der Waals surface area contributed by atoms with Crippen molar-refractivity contribution in [2.45, 2.75) is 38.6 Å². The number of rotatable bonds is 7. The van der Waals surface area contributed by atoms with E-state index in [0.29, 0.717) is 36.3 Å². The number of likely N-dealkylation sites (tertiary alicyclic amines) is 1. The van der Waals surface area contributed by atoms with E-state index in [4.69, 9.17) is 0 Å². The van der Waals surface area contributed by atoms with Gasteiger partial charge in [-0.3, -0.25) is 14.4 Å². The molecule has 1 aliphatic heterocycles. The maximum atomic E-state index is 12.9. The van der Waals surface area contributed by atoms with Crippen LogP contribution in [0, 0.1) is 0 Å². The molecule has 2 N–H and O–H groups in total. The Balaban J connectivity index is 1.62. The average molecular weight is 472 g/mol. The minimum absolute atomic E-state index is 0.0762. The second-order valence-corrected chi connectivity index (χ2v) is 8.26. The highest BCUT2D eigenvalue weighted by molar-refractivity contribution is 9.10. The number of anilines is 1. The van der Waals surface area contributed by atoms with Gasteiger partial charge < -0.3 is 15.5 Å². The summed E-state index contributed by atoms with van der Waals surface area (Å²) < 4.78 is 0.904. The van der Waals surface area contributed by atoms with Crippen molar-refractivity contribution < 1.29 is 14.4 Å². The summed E-state index contributed by atoms with van der Waals surface area (Å²) in [6, 6.07) is 13.4. The van der Waals surface area contributed by atoms with Gasteiger partial charge in [-0.1, -0.05) is 29.3 Å². The third-order valence-electron chi connectivity index (χ3n) is 5.14. The predicted octanol–water partition coefficient (Wildman–Crippen LogP) is 4.22. The second-order valence-electron chi connectivity index (χ2n) is 7.34. The summed E-state index contributed by atoms with van der Waals surface area (Å²) in [7, 11) is 0. The van der Waals surface area contributed by atoms with Crippen LogP contribution < -0.4 is 10.6 Å². The molecule has 3 rings (SSSR count). The minimum Gasteiger partial charge on any atom is -0.354 e. The molecule has 1 fully saturated rings. The molecule has 0 spiro atoms. The Morgan fingerprint density at radius 2 is 1.70 bits per heavy atom. The molecule has 1 unspecified atom stereocenters. The number of nitrogens with zero attached hydrogens (tertiary/aromatic N) is 1. The van der Waals surface area contributed by atoms with Crippen molar-refractivity contribution >= 4 is 39.3 Å². The molecule has 158 valence electrons. The molecule has 0 aromatic heterocycles. The second kappa shape index (κ2) is 10.4. The fraction of sp³-hybridized carbons (Fsp3) is 0.348. The SMILES string of the molecule is CCCCNC(=O)C1CCCN1C(=O)c1ccc(NC(=O)c2ccc(Br)cc2)cc1. The van der Waals surface area contributed by atoms with E-state index in [2.05, 4.69) is 33.5 Å². The van der Waals surface area contributed by atoms with Crippen LogP contribution in [0.2, 0.25) is 0 Å². The van der Waals surface area contributed by atoms with E-state index in [1.807, 2.05) is 12.1 Å². The summed E-state index contributed by atoms with van der Waals surface area (Å²) in [6.07, 6.45) is 3.45. The zero-order chi connectivity index (χ0) is 21.5. The van der Waals surface area contributed by atoms with Crippen molar-refractivity contribution in [2.75, 3.05) is 18.4 Å². The van der Waals surface area contributed by atoms with Crippen molar-refractivity contribution in [3.63, 3.8) is 0 Å². The summed E-state index contributed by atoms with van der Waals surface area (Å²) in [4.78, 5) is 39.4. The Hall–Kier alpha value is -2.67. The van der Waals surface area contributed by atoms with E-state index in [1.165, 1.54) is 0 Å². The van der Waals surface area contributed by atoms with Crippen LogP contribution >= 0.6 is 15.9 Å². The number of carbonyl (C=O) groups is 3. The van der Waals surface area contributed by atoms with Crippen molar-refractivity contribution in [1.82, 2.24) is 10.2 Å². The number of nitrogens with one attached hydrogen (secondary N) is 2. The highest BCUT2D eigenvalue weighted by Gasteiger charge is 2.34. The molecule has 1 heterocycles. The van der Waals surface area contributed by atoms with Crippen molar-refractivity contribution in [3.8, 4) is 0 Å². The third-order valence-corrected chi connectivity index (χ3v) is 5.67. The molecule has 2 aromatic carbocycles. The average Bonchev–Trinajstić information content (AvgIpc) is 3.24. The maximum absolute atomic E-state index is 12.9. The van der Waals surface area contributed by atoms with Crippen LogP contribution in [0.5, 0.6) is 0 Å². The van der Waals surface area contributed by atoms with Crippen LogP contribution in [0.25, 0.3) is 0 Å². The number of amides is 3. The maximum Gasteiger partial charge on any atom is 0.255 e. The zero-order valence-electron chi connectivity index (χ0n) is 17.0. The minimum atomic E-state index is -0.411. The van der Waals surface area contributed by atoms with Gasteiger partial charge in [0, 0.05) is 34.4 Å². The lowest BCUT2D eigenvalue weighted by molar-refractivity contribution is -0.124. The summed E-state index contributed by atoms with van der Waals surface area (Å²) in [6.45, 7) is 3.29. The molecule has 1 aliphatic rings. The molecule has 1 atom stereocenters. The van der Waals surface area contributed by atoms with Gasteiger partial charge in [0.25, 0.3) is 11.8 Å². The highest BCUT2D eigenvalue weighted by Crippen LogP contribution is 2.21. The molecule has 0 aliphatic carbocycles. The van der Waals surface area contributed by atoms with Gasteiger partial charge in [0.05, 0.1) is 0 Å². The van der Waals surface area contributed by atoms with E-state index in [0.717, 1.165) is 23.7 Å². The lowest BCUT2D eigenvalue weighted by Crippen LogP contribution is -2.46. The van der Waals surface area contributed by atoms with E-state index >= 15 is 0 Å². The number of benzene rings is 2. The number of carbonyl (C=O) groups excluding carboxylic acids is 3. The summed E-state index contributed by atoms with van der Waals surface area (Å²) in [5.74, 6) is -0.452. The van der Waals surface area contributed by atoms with Crippen LogP contribution in [-0.2, 0) is 4.79 Å². The monoisotopic (exact) mass is 471 g/mol. The first-order valence-corrected chi connectivity index (χ1v) is 11.0. The smallest absolute Gasteiger partial charge is 0.255 e. The summed E-state index contributed by atoms with van der Waals surface area (Å²) >= 11 is 3.35. The molecule has 0 saturated carbocycles. The van der Waals surface area contributed by atoms with Crippen LogP contribution in [0.15, 0.2) is 53.0 Å². The molecule has 0 radical (unpaired) electrons. The summed E-state index contributed by atoms with van der Waals surface area (Å²) in [5, 5.41) is 5.75. The first kappa shape index (κ1) is 22.0. The van der Waals surface area contributed by atoms with Gasteiger partial charge in [-0.05, 0) is 67.8 Å². The highest BCUT2D eigenvalue weighted by atomic mass is 79.9. The summed E-state index contributed by atoms with van der Waals surface area (Å²) in [5.41, 5.74) is 1.66. The number of hydrogen-bond donors (Lipinski definition) is 2. The molecule has 3 amide bonds. The Morgan fingerprint density at radius 1 is 1.03 bits per heavy atom. The first-order valence-electron chi connectivity index (χ1n) is 10.2. The van der Waals surface area contributed by atoms with Crippen LogP contribution in [0.1, 0.15) is 53.3 Å². The number of halogens is 1. The van der Waals surface area contributed by atoms with Crippen molar-refractivity contribution in [3.05, 3.63) is 64.1 Å². The zero-order valence-corrected chi connectivity index (χ0v) is 18.6. The van der Waals surface area contributed by atoms with Gasteiger partial charge in [0.2, 0.25) is 5.91 Å². The largest absolute Gasteiger partial charge is 0.354 e. The van der Waals surface area contributed by atoms with Gasteiger partial charge in [-0.15, -0.1) is 0 Å². The van der Waals surface area contributed by atoms with E-state index in [1.54, 1.807) is 41.3 Å². The lowest BCUT2D eigenvalue weighted by atomic mass is 10.1. The molecule has 6 nitrogen and oxygen atoms in total. The van der Waals surface area contributed by atoms with Crippen molar-refractivity contribution in [2.24, 2.45) is 0 Å². The molecule has 1 saturated heterocycles. The quantitative estimate of drug-likeness (QED) is 0.593. The molecule has 0 bridgehead atoms. The third kappa shape index (κ3) is 5.48. The van der Waals surface area contributed by atoms with Crippen LogP contribution in [0.4, 0.5) is 5.69 Å². The Morgan fingerprint density at radius 3 is 2.37 bits per heavy atom. The number of unbranched alkanes of at least 4 members (excludes halogenated alkanes) is 1. The van der Waals surface area contributed by atoms with Gasteiger partial charge in [-0.25, -0.2) is 0 Å². The van der Waals surface area contributed by atoms with Crippen molar-refractivity contribution in [1.29, 1.82) is 0 Å². The molecular weight excluding hydrogens is 446 g/mol. The Bertz CT molecular complexity index is 897. The normalized spacial score (nSPS) is 15.7. The van der Waals surface area contributed by atoms with Gasteiger partial charge >= 0.3 is 0 Å². The van der Waals surface area contributed by atoms with E-state index < -0.39 is 6.04 Å². The predicted molar refractivity (Wildman–Crippen MR) is 121 cm³/mol. The molecule has 30 heavy (non-hydrogen) atoms. The lowest BCUT2D eigenvalue weighted by Gasteiger charge is -2.24. The number of hydrogen-bond acceptors (Lipinski definition) is 3. The standard InChI is InChI=1S/C23H26BrN3O3/c1-2-3-14-25-22(29)20-5-4-15-27(20)23(30)17-8-12-19(13-9-17)26-21(28)16-6-10-18(24)11-7-16/h6-13,20H,2-5,14-15H2,1H3,(H,25,29)(H,26,28). The fourth-order valence-electron chi connectivity index (χ4n) is 3.46. The molecular formula is C23H26BrN3O3. The molecule has 2 aromatic rings. The van der Waals surface area contributed by atoms with Crippen LogP contribution in [-0.4, -0.2) is 41.8 Å². The van der Waals surface area contributed by atoms with Crippen LogP contribution in [0.3, 0.4) is 0 Å². The van der Waals surface area contributed by atoms with Gasteiger partial charge in [0.1, 0.15) is 6.04 Å². The Labute approximate surface area is 185 Å². The van der Waals surface area contributed by atoms with Gasteiger partial charge in [0.15, 0.2) is 0 Å². The first-order chi connectivity index (χ1) is 14.5. The fourth-order valence-corrected chi connectivity index (χ4v) is 3.72. The van der Waals surface area contributed by atoms with E-state index in [-0.39, 0.29) is 17.7 Å².